The summed E-state index contributed by atoms with van der Waals surface area (Å²) in [5.74, 6) is -2.43. The number of carbonyl (C=O) groups is 3. The maximum atomic E-state index is 12.6. The molecular weight excluding hydrogens is 659 g/mol. The van der Waals surface area contributed by atoms with Crippen LogP contribution in [0.3, 0.4) is 0 Å². The minimum Gasteiger partial charge on any atom is -0.484 e. The fraction of sp³-hybridized carbons (Fsp3) is 0.444. The van der Waals surface area contributed by atoms with Gasteiger partial charge >= 0.3 is 18.2 Å². The second-order valence-electron chi connectivity index (χ2n) is 9.35. The van der Waals surface area contributed by atoms with Crippen LogP contribution in [-0.4, -0.2) is 84.9 Å². The molecule has 43 heavy (non-hydrogen) atoms. The zero-order valence-corrected chi connectivity index (χ0v) is 25.9. The van der Waals surface area contributed by atoms with Crippen LogP contribution in [0.25, 0.3) is 0 Å². The van der Waals surface area contributed by atoms with E-state index in [0.717, 1.165) is 45.3 Å². The Bertz CT molecular complexity index is 1220. The molecule has 1 fully saturated rings. The van der Waals surface area contributed by atoms with E-state index in [9.17, 15) is 22.8 Å². The van der Waals surface area contributed by atoms with E-state index in [1.165, 1.54) is 0 Å². The highest BCUT2D eigenvalue weighted by Crippen LogP contribution is 2.26. The fourth-order valence-corrected chi connectivity index (χ4v) is 4.67. The molecule has 3 amide bonds. The number of ether oxygens (including phenoxy) is 1. The molecule has 0 spiro atoms. The largest absolute Gasteiger partial charge is 0.490 e. The van der Waals surface area contributed by atoms with E-state index in [1.807, 2.05) is 4.90 Å². The predicted octanol–water partition coefficient (Wildman–Crippen LogP) is 6.84. The molecule has 2 aromatic rings. The van der Waals surface area contributed by atoms with E-state index >= 15 is 0 Å². The first kappa shape index (κ1) is 36.6. The number of hydrogen-bond acceptors (Lipinski definition) is 5. The summed E-state index contributed by atoms with van der Waals surface area (Å²) in [6.07, 6.45) is -1.24. The van der Waals surface area contributed by atoms with Crippen molar-refractivity contribution in [3.05, 3.63) is 56.5 Å². The summed E-state index contributed by atoms with van der Waals surface area (Å²) in [7, 11) is 0. The number of carboxylic acids is 1. The van der Waals surface area contributed by atoms with E-state index in [2.05, 4.69) is 15.5 Å². The minimum absolute atomic E-state index is 0.0693. The first-order valence-corrected chi connectivity index (χ1v) is 14.6. The van der Waals surface area contributed by atoms with Crippen molar-refractivity contribution in [3.8, 4) is 5.75 Å². The van der Waals surface area contributed by atoms with Crippen LogP contribution in [0.15, 0.2) is 36.4 Å². The average Bonchev–Trinajstić information content (AvgIpc) is 3.16. The van der Waals surface area contributed by atoms with Gasteiger partial charge in [-0.05, 0) is 62.7 Å². The maximum absolute atomic E-state index is 12.6. The van der Waals surface area contributed by atoms with Gasteiger partial charge in [-0.25, -0.2) is 9.59 Å². The second-order valence-corrected chi connectivity index (χ2v) is 11.0. The Morgan fingerprint density at radius 1 is 0.884 bits per heavy atom. The van der Waals surface area contributed by atoms with Gasteiger partial charge < -0.3 is 30.3 Å². The molecule has 1 saturated heterocycles. The number of halogens is 7. The van der Waals surface area contributed by atoms with Gasteiger partial charge in [0.1, 0.15) is 5.75 Å². The lowest BCUT2D eigenvalue weighted by Gasteiger charge is -2.22. The molecule has 0 radical (unpaired) electrons. The fourth-order valence-electron chi connectivity index (χ4n) is 3.86. The number of benzene rings is 2. The Labute approximate surface area is 267 Å². The predicted molar refractivity (Wildman–Crippen MR) is 161 cm³/mol. The van der Waals surface area contributed by atoms with E-state index in [1.54, 1.807) is 36.4 Å². The summed E-state index contributed by atoms with van der Waals surface area (Å²) in [5, 5.41) is 14.7. The molecule has 9 nitrogen and oxygen atoms in total. The van der Waals surface area contributed by atoms with E-state index < -0.39 is 12.1 Å². The molecule has 1 aliphatic heterocycles. The quantitative estimate of drug-likeness (QED) is 0.236. The van der Waals surface area contributed by atoms with E-state index in [-0.39, 0.29) is 18.5 Å². The molecule has 1 aliphatic rings. The molecular formula is C27H31Cl4F3N4O5. The number of nitrogens with one attached hydrogen (secondary N) is 2. The summed E-state index contributed by atoms with van der Waals surface area (Å²) < 4.78 is 37.2. The Hall–Kier alpha value is -2.64. The SMILES string of the molecule is O=C(COc1ccc(Cl)c(Cl)c1)NCCCCCN1CCCN(C(=O)Nc2cc(Cl)cc(Cl)c2)CC1.O=C(O)C(F)(F)F. The lowest BCUT2D eigenvalue weighted by atomic mass is 10.2. The van der Waals surface area contributed by atoms with Crippen LogP contribution >= 0.6 is 46.4 Å². The number of urea groups is 1. The maximum Gasteiger partial charge on any atom is 0.490 e. The van der Waals surface area contributed by atoms with Crippen LogP contribution in [0.1, 0.15) is 25.7 Å². The normalized spacial score (nSPS) is 13.8. The number of carboxylic acid groups (broad SMARTS) is 1. The first-order chi connectivity index (χ1) is 20.2. The van der Waals surface area contributed by atoms with Gasteiger partial charge in [0.05, 0.1) is 10.0 Å². The molecule has 3 rings (SSSR count). The molecule has 0 aliphatic carbocycles. The molecule has 16 heteroatoms. The van der Waals surface area contributed by atoms with Crippen LogP contribution < -0.4 is 15.4 Å². The molecule has 238 valence electrons. The lowest BCUT2D eigenvalue weighted by molar-refractivity contribution is -0.192. The highest BCUT2D eigenvalue weighted by atomic mass is 35.5. The number of anilines is 1. The van der Waals surface area contributed by atoms with Crippen molar-refractivity contribution < 1.29 is 37.4 Å². The second kappa shape index (κ2) is 18.2. The highest BCUT2D eigenvalue weighted by Gasteiger charge is 2.38. The number of rotatable bonds is 10. The van der Waals surface area contributed by atoms with Crippen molar-refractivity contribution in [3.63, 3.8) is 0 Å². The molecule has 3 N–H and O–H groups in total. The number of amides is 3. The van der Waals surface area contributed by atoms with Crippen molar-refractivity contribution in [2.45, 2.75) is 31.9 Å². The van der Waals surface area contributed by atoms with E-state index in [4.69, 9.17) is 61.0 Å². The minimum atomic E-state index is -5.08. The number of carbonyl (C=O) groups excluding carboxylic acids is 2. The van der Waals surface area contributed by atoms with Gasteiger partial charge in [-0.1, -0.05) is 52.8 Å². The molecule has 0 bridgehead atoms. The summed E-state index contributed by atoms with van der Waals surface area (Å²) in [6, 6.07) is 9.73. The Kier molecular flexibility index (Phi) is 15.5. The molecule has 0 aromatic heterocycles. The van der Waals surface area contributed by atoms with Gasteiger partial charge in [0, 0.05) is 48.0 Å². The smallest absolute Gasteiger partial charge is 0.484 e. The highest BCUT2D eigenvalue weighted by molar-refractivity contribution is 6.42. The molecule has 2 aromatic carbocycles. The first-order valence-electron chi connectivity index (χ1n) is 13.1. The van der Waals surface area contributed by atoms with Crippen molar-refractivity contribution in [2.24, 2.45) is 0 Å². The third-order valence-corrected chi connectivity index (χ3v) is 7.14. The van der Waals surface area contributed by atoms with Gasteiger partial charge in [0.2, 0.25) is 0 Å². The monoisotopic (exact) mass is 688 g/mol. The molecule has 0 saturated carbocycles. The molecule has 0 atom stereocenters. The van der Waals surface area contributed by atoms with Gasteiger partial charge in [0.15, 0.2) is 6.61 Å². The average molecular weight is 690 g/mol. The molecule has 0 unspecified atom stereocenters. The lowest BCUT2D eigenvalue weighted by Crippen LogP contribution is -2.38. The zero-order valence-electron chi connectivity index (χ0n) is 22.9. The van der Waals surface area contributed by atoms with Crippen LogP contribution in [0.5, 0.6) is 5.75 Å². The summed E-state index contributed by atoms with van der Waals surface area (Å²) >= 11 is 23.8. The number of unbranched alkanes of at least 4 members (excludes halogenated alkanes) is 2. The third kappa shape index (κ3) is 14.6. The third-order valence-electron chi connectivity index (χ3n) is 5.97. The summed E-state index contributed by atoms with van der Waals surface area (Å²) in [6.45, 7) is 4.64. The van der Waals surface area contributed by atoms with Crippen molar-refractivity contribution in [2.75, 3.05) is 51.2 Å². The van der Waals surface area contributed by atoms with Crippen molar-refractivity contribution >= 4 is 70.0 Å². The Morgan fingerprint density at radius 2 is 1.56 bits per heavy atom. The van der Waals surface area contributed by atoms with Gasteiger partial charge in [0.25, 0.3) is 5.91 Å². The van der Waals surface area contributed by atoms with Crippen molar-refractivity contribution in [1.82, 2.24) is 15.1 Å². The van der Waals surface area contributed by atoms with Crippen LogP contribution in [-0.2, 0) is 9.59 Å². The van der Waals surface area contributed by atoms with Crippen LogP contribution in [0, 0.1) is 0 Å². The molecule has 1 heterocycles. The number of alkyl halides is 3. The summed E-state index contributed by atoms with van der Waals surface area (Å²) in [4.78, 5) is 37.7. The number of nitrogens with zero attached hydrogens (tertiary/aromatic N) is 2. The summed E-state index contributed by atoms with van der Waals surface area (Å²) in [5.41, 5.74) is 0.589. The van der Waals surface area contributed by atoms with Crippen LogP contribution in [0.4, 0.5) is 23.7 Å². The van der Waals surface area contributed by atoms with E-state index in [0.29, 0.717) is 51.2 Å². The zero-order chi connectivity index (χ0) is 32.0. The van der Waals surface area contributed by atoms with Gasteiger partial charge in [-0.2, -0.15) is 13.2 Å². The number of hydrogen-bond donors (Lipinski definition) is 3. The topological polar surface area (TPSA) is 111 Å². The van der Waals surface area contributed by atoms with Crippen LogP contribution in [0.2, 0.25) is 20.1 Å². The number of aliphatic carboxylic acids is 1. The Morgan fingerprint density at radius 3 is 2.19 bits per heavy atom. The van der Waals surface area contributed by atoms with Gasteiger partial charge in [-0.3, -0.25) is 4.79 Å². The Balaban J connectivity index is 0.000000821. The van der Waals surface area contributed by atoms with Crippen molar-refractivity contribution in [1.29, 1.82) is 0 Å². The van der Waals surface area contributed by atoms with Gasteiger partial charge in [-0.15, -0.1) is 0 Å². The standard InChI is InChI=1S/C25H30Cl4N4O3.C2HF3O2/c26-18-13-19(27)15-20(14-18)31-25(35)33-10-4-9-32(11-12-33)8-3-1-2-7-30-24(34)17-36-21-5-6-22(28)23(29)16-21;3-2(4,5)1(6)7/h5-6,13-16H,1-4,7-12,17H2,(H,30,34)(H,31,35);(H,6,7).